The molecule has 1 atom stereocenters. The second kappa shape index (κ2) is 7.59. The van der Waals surface area contributed by atoms with E-state index in [-0.39, 0.29) is 0 Å². The highest BCUT2D eigenvalue weighted by Crippen LogP contribution is 2.44. The van der Waals surface area contributed by atoms with Gasteiger partial charge in [-0.2, -0.15) is 0 Å². The van der Waals surface area contributed by atoms with Gasteiger partial charge < -0.3 is 14.2 Å². The predicted molar refractivity (Wildman–Crippen MR) is 114 cm³/mol. The van der Waals surface area contributed by atoms with E-state index in [4.69, 9.17) is 14.2 Å². The monoisotopic (exact) mass is 383 g/mol. The minimum atomic E-state index is -0.899. The summed E-state index contributed by atoms with van der Waals surface area (Å²) in [6.07, 6.45) is 0. The van der Waals surface area contributed by atoms with Crippen LogP contribution in [0.25, 0.3) is 0 Å². The van der Waals surface area contributed by atoms with Gasteiger partial charge in [0.25, 0.3) is 0 Å². The number of nitrogens with zero attached hydrogens (tertiary/aromatic N) is 2. The van der Waals surface area contributed by atoms with Crippen LogP contribution < -0.4 is 14.1 Å². The number of quaternary nitrogens is 1. The molecule has 0 fully saturated rings. The van der Waals surface area contributed by atoms with E-state index in [1.54, 1.807) is 21.3 Å². The molecule has 5 heteroatoms. The second-order valence-corrected chi connectivity index (χ2v) is 7.45. The normalized spacial score (nSPS) is 21.8. The number of aryl methyl sites for hydroxylation is 1. The first-order valence-corrected chi connectivity index (χ1v) is 9.46. The molecular formula is C23H31N2O3+. The van der Waals surface area contributed by atoms with Gasteiger partial charge in [-0.3, -0.25) is 4.90 Å². The van der Waals surface area contributed by atoms with Gasteiger partial charge in [0.05, 0.1) is 19.7 Å². The summed E-state index contributed by atoms with van der Waals surface area (Å²) in [5.41, 5.74) is 5.52. The van der Waals surface area contributed by atoms with E-state index in [1.807, 2.05) is 12.1 Å². The molecule has 0 spiro atoms. The predicted octanol–water partition coefficient (Wildman–Crippen LogP) is 4.66. The SMILES string of the molecule is COc1ccc(N2C[N+](C)(c3ccccc3)C(OC)(OC)C(C)=C2C)cc1C. The Morgan fingerprint density at radius 3 is 2.11 bits per heavy atom. The Labute approximate surface area is 168 Å². The minimum absolute atomic E-state index is 0.440. The minimum Gasteiger partial charge on any atom is -0.496 e. The van der Waals surface area contributed by atoms with E-state index in [0.29, 0.717) is 11.2 Å². The molecule has 2 aromatic rings. The average molecular weight is 384 g/mol. The van der Waals surface area contributed by atoms with Gasteiger partial charge in [-0.25, -0.2) is 4.48 Å². The highest BCUT2D eigenvalue weighted by molar-refractivity contribution is 5.61. The number of hydrogen-bond donors (Lipinski definition) is 0. The Morgan fingerprint density at radius 1 is 0.929 bits per heavy atom. The van der Waals surface area contributed by atoms with Crippen molar-refractivity contribution in [3.05, 3.63) is 65.4 Å². The third kappa shape index (κ3) is 2.91. The van der Waals surface area contributed by atoms with Gasteiger partial charge in [0.2, 0.25) is 0 Å². The molecule has 28 heavy (non-hydrogen) atoms. The lowest BCUT2D eigenvalue weighted by molar-refractivity contribution is -0.260. The molecule has 1 heterocycles. The van der Waals surface area contributed by atoms with Crippen LogP contribution in [0, 0.1) is 6.92 Å². The zero-order chi connectivity index (χ0) is 20.5. The van der Waals surface area contributed by atoms with Gasteiger partial charge in [0.15, 0.2) is 6.67 Å². The van der Waals surface area contributed by atoms with Crippen molar-refractivity contribution in [1.29, 1.82) is 0 Å². The number of para-hydroxylation sites is 1. The molecule has 0 aliphatic carbocycles. The number of ether oxygens (including phenoxy) is 3. The van der Waals surface area contributed by atoms with Crippen LogP contribution >= 0.6 is 0 Å². The number of allylic oxidation sites excluding steroid dienone is 1. The van der Waals surface area contributed by atoms with Gasteiger partial charge in [-0.1, -0.05) is 18.2 Å². The summed E-state index contributed by atoms with van der Waals surface area (Å²) >= 11 is 0. The van der Waals surface area contributed by atoms with Gasteiger partial charge >= 0.3 is 5.91 Å². The Balaban J connectivity index is 2.20. The molecule has 0 amide bonds. The van der Waals surface area contributed by atoms with E-state index < -0.39 is 5.91 Å². The third-order valence-electron chi connectivity index (χ3n) is 6.06. The number of likely N-dealkylation sites (N-methyl/N-ethyl adjacent to an activating group) is 1. The van der Waals surface area contributed by atoms with Crippen LogP contribution in [0.5, 0.6) is 5.75 Å². The molecule has 150 valence electrons. The second-order valence-electron chi connectivity index (χ2n) is 7.45. The van der Waals surface area contributed by atoms with E-state index in [1.165, 1.54) is 0 Å². The highest BCUT2D eigenvalue weighted by atomic mass is 16.7. The molecule has 0 N–H and O–H groups in total. The Kier molecular flexibility index (Phi) is 5.53. The summed E-state index contributed by atoms with van der Waals surface area (Å²) in [7, 11) is 7.29. The quantitative estimate of drug-likeness (QED) is 0.555. The molecule has 2 aromatic carbocycles. The number of methoxy groups -OCH3 is 3. The lowest BCUT2D eigenvalue weighted by atomic mass is 10.0. The van der Waals surface area contributed by atoms with E-state index in [0.717, 1.165) is 34.0 Å². The van der Waals surface area contributed by atoms with Gasteiger partial charge in [0.1, 0.15) is 11.4 Å². The van der Waals surface area contributed by atoms with Crippen molar-refractivity contribution >= 4 is 11.4 Å². The summed E-state index contributed by atoms with van der Waals surface area (Å²) < 4.78 is 18.0. The fourth-order valence-corrected chi connectivity index (χ4v) is 4.39. The van der Waals surface area contributed by atoms with Crippen LogP contribution in [-0.4, -0.2) is 41.0 Å². The first-order chi connectivity index (χ1) is 13.3. The summed E-state index contributed by atoms with van der Waals surface area (Å²) in [5.74, 6) is -0.00810. The van der Waals surface area contributed by atoms with Crippen molar-refractivity contribution in [2.45, 2.75) is 26.7 Å². The van der Waals surface area contributed by atoms with Crippen molar-refractivity contribution in [1.82, 2.24) is 4.48 Å². The van der Waals surface area contributed by atoms with Crippen LogP contribution in [-0.2, 0) is 9.47 Å². The summed E-state index contributed by atoms with van der Waals surface area (Å²) in [6.45, 7) is 6.94. The number of rotatable bonds is 5. The fraction of sp³-hybridized carbons (Fsp3) is 0.391. The molecule has 0 saturated carbocycles. The molecule has 0 bridgehead atoms. The maximum absolute atomic E-state index is 6.07. The van der Waals surface area contributed by atoms with Crippen molar-refractivity contribution in [3.63, 3.8) is 0 Å². The van der Waals surface area contributed by atoms with Gasteiger partial charge in [-0.15, -0.1) is 0 Å². The number of benzene rings is 2. The topological polar surface area (TPSA) is 30.9 Å². The molecular weight excluding hydrogens is 352 g/mol. The molecule has 5 nitrogen and oxygen atoms in total. The maximum Gasteiger partial charge on any atom is 0.350 e. The smallest absolute Gasteiger partial charge is 0.350 e. The fourth-order valence-electron chi connectivity index (χ4n) is 4.39. The summed E-state index contributed by atoms with van der Waals surface area (Å²) in [4.78, 5) is 2.32. The molecule has 1 aliphatic rings. The highest BCUT2D eigenvalue weighted by Gasteiger charge is 2.58. The van der Waals surface area contributed by atoms with Crippen molar-refractivity contribution in [2.24, 2.45) is 0 Å². The zero-order valence-electron chi connectivity index (χ0n) is 17.9. The molecule has 0 saturated heterocycles. The van der Waals surface area contributed by atoms with Gasteiger partial charge in [-0.05, 0) is 56.7 Å². The lowest BCUT2D eigenvalue weighted by Crippen LogP contribution is -2.72. The molecule has 0 radical (unpaired) electrons. The van der Waals surface area contributed by atoms with Crippen LogP contribution in [0.15, 0.2) is 59.8 Å². The molecule has 0 aromatic heterocycles. The largest absolute Gasteiger partial charge is 0.496 e. The maximum atomic E-state index is 6.07. The van der Waals surface area contributed by atoms with E-state index >= 15 is 0 Å². The summed E-state index contributed by atoms with van der Waals surface area (Å²) in [5, 5.41) is 0. The van der Waals surface area contributed by atoms with Crippen LogP contribution in [0.3, 0.4) is 0 Å². The summed E-state index contributed by atoms with van der Waals surface area (Å²) in [6, 6.07) is 16.7. The van der Waals surface area contributed by atoms with Crippen molar-refractivity contribution in [2.75, 3.05) is 39.9 Å². The van der Waals surface area contributed by atoms with E-state index in [2.05, 4.69) is 69.1 Å². The van der Waals surface area contributed by atoms with E-state index in [9.17, 15) is 0 Å². The van der Waals surface area contributed by atoms with Crippen molar-refractivity contribution in [3.8, 4) is 5.75 Å². The average Bonchev–Trinajstić information content (AvgIpc) is 2.72. The van der Waals surface area contributed by atoms with Crippen LogP contribution in [0.4, 0.5) is 11.4 Å². The Morgan fingerprint density at radius 2 is 1.57 bits per heavy atom. The van der Waals surface area contributed by atoms with Crippen molar-refractivity contribution < 1.29 is 14.2 Å². The molecule has 1 aliphatic heterocycles. The standard InChI is InChI=1S/C23H31N2O3/c1-17-15-20(13-14-22(17)26-5)24-16-25(4,21-11-9-8-10-12-21)23(27-6,28-7)18(2)19(24)3/h8-15H,16H2,1-7H3/q+1. The number of anilines is 1. The Hall–Kier alpha value is -2.34. The zero-order valence-corrected chi connectivity index (χ0v) is 17.9. The first kappa shape index (κ1) is 20.4. The van der Waals surface area contributed by atoms with Crippen LogP contribution in [0.2, 0.25) is 0 Å². The van der Waals surface area contributed by atoms with Gasteiger partial charge in [0, 0.05) is 25.6 Å². The third-order valence-corrected chi connectivity index (χ3v) is 6.06. The lowest BCUT2D eigenvalue weighted by Gasteiger charge is -2.53. The first-order valence-electron chi connectivity index (χ1n) is 9.46. The number of hydrogen-bond acceptors (Lipinski definition) is 4. The molecule has 1 unspecified atom stereocenters. The Bertz CT molecular complexity index is 875. The molecule has 3 rings (SSSR count). The van der Waals surface area contributed by atoms with Crippen LogP contribution in [0.1, 0.15) is 19.4 Å².